The fourth-order valence-electron chi connectivity index (χ4n) is 2.14. The van der Waals surface area contributed by atoms with Crippen molar-refractivity contribution in [3.63, 3.8) is 0 Å². The average molecular weight is 268 g/mol. The minimum Gasteiger partial charge on any atom is -0.365 e. The van der Waals surface area contributed by atoms with E-state index in [1.807, 2.05) is 0 Å². The van der Waals surface area contributed by atoms with Gasteiger partial charge >= 0.3 is 0 Å². The number of fused-ring (bicyclic) bond motifs is 1. The van der Waals surface area contributed by atoms with E-state index in [2.05, 4.69) is 10.3 Å². The average Bonchev–Trinajstić information content (AvgIpc) is 2.64. The van der Waals surface area contributed by atoms with Crippen molar-refractivity contribution in [2.75, 3.05) is 7.05 Å². The second-order valence-electron chi connectivity index (χ2n) is 4.05. The molecule has 0 aliphatic carbocycles. The first-order valence-electron chi connectivity index (χ1n) is 5.22. The maximum Gasteiger partial charge on any atom is 0.264 e. The fourth-order valence-corrected chi connectivity index (χ4v) is 2.14. The summed E-state index contributed by atoms with van der Waals surface area (Å²) in [5, 5.41) is 2.55. The van der Waals surface area contributed by atoms with Crippen LogP contribution in [-0.2, 0) is 15.0 Å². The van der Waals surface area contributed by atoms with Crippen molar-refractivity contribution in [3.8, 4) is 0 Å². The number of hydrogen-bond donors (Lipinski definition) is 2. The number of carbonyl (C=O) groups excluding carboxylic acids is 2. The molecule has 0 aromatic heterocycles. The summed E-state index contributed by atoms with van der Waals surface area (Å²) in [7, 11) is 1.52. The normalized spacial score (nSPS) is 20.4. The lowest BCUT2D eigenvalue weighted by Crippen LogP contribution is -2.49. The Morgan fingerprint density at radius 3 is 2.50 bits per heavy atom. The van der Waals surface area contributed by atoms with E-state index in [0.717, 1.165) is 0 Å². The molecular weight excluding hydrogens is 254 g/mol. The van der Waals surface area contributed by atoms with Crippen molar-refractivity contribution in [3.05, 3.63) is 29.8 Å². The minimum absolute atomic E-state index is 0. The van der Waals surface area contributed by atoms with Crippen molar-refractivity contribution in [1.82, 2.24) is 5.32 Å². The molecule has 0 fully saturated rings. The Kier molecular flexibility index (Phi) is 3.76. The van der Waals surface area contributed by atoms with Crippen LogP contribution in [0.4, 0.5) is 5.69 Å². The number of aliphatic imine (C=N–C) groups is 1. The van der Waals surface area contributed by atoms with Gasteiger partial charge in [-0.15, -0.1) is 12.4 Å². The quantitative estimate of drug-likeness (QED) is 0.826. The molecule has 0 saturated heterocycles. The summed E-state index contributed by atoms with van der Waals surface area (Å²) < 4.78 is 0. The largest absolute Gasteiger partial charge is 0.365 e. The maximum atomic E-state index is 12.0. The molecule has 1 heterocycles. The smallest absolute Gasteiger partial charge is 0.264 e. The summed E-state index contributed by atoms with van der Waals surface area (Å²) in [6.07, 6.45) is 0. The SMILES string of the molecule is CNC(=O)C1(C)C(C(N)=O)=Nc2ccccc21.Cl. The van der Waals surface area contributed by atoms with Crippen LogP contribution in [0.3, 0.4) is 0 Å². The van der Waals surface area contributed by atoms with E-state index in [4.69, 9.17) is 5.73 Å². The van der Waals surface area contributed by atoms with Gasteiger partial charge in [-0.05, 0) is 18.6 Å². The van der Waals surface area contributed by atoms with Crippen LogP contribution in [0.5, 0.6) is 0 Å². The van der Waals surface area contributed by atoms with Gasteiger partial charge in [-0.2, -0.15) is 0 Å². The van der Waals surface area contributed by atoms with E-state index in [9.17, 15) is 9.59 Å². The number of nitrogens with zero attached hydrogens (tertiary/aromatic N) is 1. The predicted octanol–water partition coefficient (Wildman–Crippen LogP) is 0.683. The highest BCUT2D eigenvalue weighted by molar-refractivity contribution is 6.48. The molecule has 6 heteroatoms. The van der Waals surface area contributed by atoms with Gasteiger partial charge in [-0.25, -0.2) is 4.99 Å². The topological polar surface area (TPSA) is 84.5 Å². The number of rotatable bonds is 2. The Morgan fingerprint density at radius 2 is 1.94 bits per heavy atom. The third kappa shape index (κ3) is 1.76. The highest BCUT2D eigenvalue weighted by atomic mass is 35.5. The van der Waals surface area contributed by atoms with Gasteiger partial charge in [0.25, 0.3) is 5.91 Å². The molecule has 5 nitrogen and oxygen atoms in total. The van der Waals surface area contributed by atoms with Gasteiger partial charge < -0.3 is 11.1 Å². The van der Waals surface area contributed by atoms with Gasteiger partial charge in [0.05, 0.1) is 5.69 Å². The second kappa shape index (κ2) is 4.78. The van der Waals surface area contributed by atoms with Crippen molar-refractivity contribution < 1.29 is 9.59 Å². The molecule has 0 radical (unpaired) electrons. The van der Waals surface area contributed by atoms with E-state index in [1.54, 1.807) is 31.2 Å². The third-order valence-electron chi connectivity index (χ3n) is 3.06. The molecule has 1 aliphatic heterocycles. The summed E-state index contributed by atoms with van der Waals surface area (Å²) >= 11 is 0. The van der Waals surface area contributed by atoms with E-state index in [0.29, 0.717) is 11.3 Å². The van der Waals surface area contributed by atoms with Crippen molar-refractivity contribution in [2.24, 2.45) is 10.7 Å². The summed E-state index contributed by atoms with van der Waals surface area (Å²) in [4.78, 5) is 27.6. The Morgan fingerprint density at radius 1 is 1.33 bits per heavy atom. The van der Waals surface area contributed by atoms with Crippen LogP contribution in [0, 0.1) is 0 Å². The lowest BCUT2D eigenvalue weighted by Gasteiger charge is -2.23. The molecule has 3 N–H and O–H groups in total. The van der Waals surface area contributed by atoms with Crippen molar-refractivity contribution in [2.45, 2.75) is 12.3 Å². The third-order valence-corrected chi connectivity index (χ3v) is 3.06. The van der Waals surface area contributed by atoms with Gasteiger partial charge in [0.15, 0.2) is 0 Å². The number of amides is 2. The molecule has 1 aliphatic rings. The maximum absolute atomic E-state index is 12.0. The highest BCUT2D eigenvalue weighted by Crippen LogP contribution is 2.40. The van der Waals surface area contributed by atoms with Crippen LogP contribution in [0.25, 0.3) is 0 Å². The molecular formula is C12H14ClN3O2. The fraction of sp³-hybridized carbons (Fsp3) is 0.250. The first kappa shape index (κ1) is 14.2. The molecule has 96 valence electrons. The number of carbonyl (C=O) groups is 2. The molecule has 1 atom stereocenters. The number of para-hydroxylation sites is 1. The van der Waals surface area contributed by atoms with Crippen LogP contribution in [0.2, 0.25) is 0 Å². The number of hydrogen-bond acceptors (Lipinski definition) is 3. The van der Waals surface area contributed by atoms with Crippen molar-refractivity contribution >= 4 is 35.6 Å². The summed E-state index contributed by atoms with van der Waals surface area (Å²) in [6.45, 7) is 1.65. The van der Waals surface area contributed by atoms with E-state index >= 15 is 0 Å². The standard InChI is InChI=1S/C12H13N3O2.ClH/c1-12(11(17)14-2)7-5-3-4-6-8(7)15-9(12)10(13)16;/h3-6H,1-2H3,(H2,13,16)(H,14,17);1H. The number of benzene rings is 1. The molecule has 18 heavy (non-hydrogen) atoms. The van der Waals surface area contributed by atoms with Gasteiger partial charge in [0.2, 0.25) is 5.91 Å². The predicted molar refractivity (Wildman–Crippen MR) is 71.4 cm³/mol. The van der Waals surface area contributed by atoms with Crippen molar-refractivity contribution in [1.29, 1.82) is 0 Å². The molecule has 1 aromatic rings. The second-order valence-corrected chi connectivity index (χ2v) is 4.05. The first-order valence-corrected chi connectivity index (χ1v) is 5.22. The minimum atomic E-state index is -1.10. The summed E-state index contributed by atoms with van der Waals surface area (Å²) in [5.74, 6) is -0.965. The molecule has 0 spiro atoms. The zero-order valence-electron chi connectivity index (χ0n) is 10.1. The number of likely N-dealkylation sites (N-methyl/N-ethyl adjacent to an activating group) is 1. The van der Waals surface area contributed by atoms with Crippen LogP contribution in [0.1, 0.15) is 12.5 Å². The van der Waals surface area contributed by atoms with Gasteiger partial charge in [0, 0.05) is 7.05 Å². The van der Waals surface area contributed by atoms with E-state index in [1.165, 1.54) is 7.05 Å². The van der Waals surface area contributed by atoms with Gasteiger partial charge in [-0.3, -0.25) is 9.59 Å². The molecule has 0 bridgehead atoms. The monoisotopic (exact) mass is 267 g/mol. The van der Waals surface area contributed by atoms with Crippen LogP contribution in [-0.4, -0.2) is 24.6 Å². The van der Waals surface area contributed by atoms with Crippen LogP contribution < -0.4 is 11.1 Å². The molecule has 2 amide bonds. The van der Waals surface area contributed by atoms with Crippen LogP contribution >= 0.6 is 12.4 Å². The lowest BCUT2D eigenvalue weighted by molar-refractivity contribution is -0.124. The molecule has 1 aromatic carbocycles. The van der Waals surface area contributed by atoms with E-state index < -0.39 is 11.3 Å². The number of primary amides is 1. The Bertz CT molecular complexity index is 542. The number of nitrogens with one attached hydrogen (secondary N) is 1. The molecule has 0 saturated carbocycles. The summed E-state index contributed by atoms with van der Waals surface area (Å²) in [6, 6.07) is 7.15. The Balaban J connectivity index is 0.00000162. The number of halogens is 1. The van der Waals surface area contributed by atoms with E-state index in [-0.39, 0.29) is 24.0 Å². The van der Waals surface area contributed by atoms with Crippen LogP contribution in [0.15, 0.2) is 29.3 Å². The zero-order chi connectivity index (χ0) is 12.6. The lowest BCUT2D eigenvalue weighted by atomic mass is 9.78. The Hall–Kier alpha value is -1.88. The number of nitrogens with two attached hydrogens (primary N) is 1. The highest BCUT2D eigenvalue weighted by Gasteiger charge is 2.47. The molecule has 1 unspecified atom stereocenters. The first-order chi connectivity index (χ1) is 8.01. The zero-order valence-corrected chi connectivity index (χ0v) is 10.9. The summed E-state index contributed by atoms with van der Waals surface area (Å²) in [5.41, 5.74) is 5.60. The molecule has 2 rings (SSSR count). The Labute approximate surface area is 111 Å². The van der Waals surface area contributed by atoms with Gasteiger partial charge in [0.1, 0.15) is 11.1 Å². The van der Waals surface area contributed by atoms with Gasteiger partial charge in [-0.1, -0.05) is 18.2 Å².